The lowest BCUT2D eigenvalue weighted by Crippen LogP contribution is -2.14. The van der Waals surface area contributed by atoms with Crippen LogP contribution in [-0.4, -0.2) is 12.6 Å². The Balaban J connectivity index is 1.84. The highest BCUT2D eigenvalue weighted by molar-refractivity contribution is 5.78. The van der Waals surface area contributed by atoms with Crippen LogP contribution in [0.3, 0.4) is 0 Å². The minimum Gasteiger partial charge on any atom is -0.465 e. The topological polar surface area (TPSA) is 26.3 Å². The maximum Gasteiger partial charge on any atom is 0.309 e. The molecule has 1 saturated carbocycles. The van der Waals surface area contributed by atoms with Gasteiger partial charge in [0, 0.05) is 0 Å². The highest BCUT2D eigenvalue weighted by atomic mass is 16.5. The smallest absolute Gasteiger partial charge is 0.309 e. The molecule has 0 aliphatic heterocycles. The van der Waals surface area contributed by atoms with E-state index in [1.54, 1.807) is 6.42 Å². The molecule has 0 heterocycles. The second-order valence-electron chi connectivity index (χ2n) is 7.31. The van der Waals surface area contributed by atoms with Gasteiger partial charge in [0.1, 0.15) is 0 Å². The van der Waals surface area contributed by atoms with Crippen LogP contribution >= 0.6 is 0 Å². The van der Waals surface area contributed by atoms with Crippen LogP contribution in [0.25, 0.3) is 0 Å². The summed E-state index contributed by atoms with van der Waals surface area (Å²) in [5.74, 6) is 0.524. The zero-order chi connectivity index (χ0) is 16.6. The molecule has 0 amide bonds. The van der Waals surface area contributed by atoms with E-state index in [2.05, 4.69) is 6.92 Å². The predicted molar refractivity (Wildman–Crippen MR) is 98.3 cm³/mol. The summed E-state index contributed by atoms with van der Waals surface area (Å²) in [6.07, 6.45) is 22.4. The molecule has 1 aliphatic rings. The molecule has 0 saturated heterocycles. The molecular formula is C21H39O2. The van der Waals surface area contributed by atoms with E-state index in [0.29, 0.717) is 12.5 Å². The lowest BCUT2D eigenvalue weighted by molar-refractivity contribution is -0.141. The second-order valence-corrected chi connectivity index (χ2v) is 7.31. The Bertz CT molecular complexity index is 267. The Labute approximate surface area is 144 Å². The number of ether oxygens (including phenoxy) is 1. The zero-order valence-corrected chi connectivity index (χ0v) is 15.5. The largest absolute Gasteiger partial charge is 0.465 e. The summed E-state index contributed by atoms with van der Waals surface area (Å²) >= 11 is 0. The SMILES string of the molecule is CCCCCCCCCCC[CH]C(=O)OCC1CCCCCC1. The summed E-state index contributed by atoms with van der Waals surface area (Å²) in [7, 11) is 0. The summed E-state index contributed by atoms with van der Waals surface area (Å²) in [5.41, 5.74) is 0. The minimum atomic E-state index is -0.0891. The van der Waals surface area contributed by atoms with Gasteiger partial charge in [0.2, 0.25) is 0 Å². The predicted octanol–water partition coefficient (Wildman–Crippen LogP) is 6.63. The van der Waals surface area contributed by atoms with E-state index in [1.807, 2.05) is 0 Å². The number of hydrogen-bond donors (Lipinski definition) is 0. The van der Waals surface area contributed by atoms with Crippen molar-refractivity contribution in [3.8, 4) is 0 Å². The average Bonchev–Trinajstić information content (AvgIpc) is 2.83. The molecule has 0 unspecified atom stereocenters. The normalized spacial score (nSPS) is 16.2. The van der Waals surface area contributed by atoms with E-state index >= 15 is 0 Å². The molecule has 135 valence electrons. The molecule has 0 bridgehead atoms. The molecule has 0 N–H and O–H groups in total. The molecule has 1 aliphatic carbocycles. The van der Waals surface area contributed by atoms with Crippen molar-refractivity contribution < 1.29 is 9.53 Å². The molecule has 1 fully saturated rings. The molecule has 23 heavy (non-hydrogen) atoms. The first kappa shape index (κ1) is 20.5. The third-order valence-electron chi connectivity index (χ3n) is 5.05. The standard InChI is InChI=1S/C21H39O2/c1-2-3-4-5-6-7-8-9-10-15-18-21(22)23-19-20-16-13-11-12-14-17-20/h18,20H,2-17,19H2,1H3. The van der Waals surface area contributed by atoms with Crippen LogP contribution < -0.4 is 0 Å². The Hall–Kier alpha value is -0.530. The van der Waals surface area contributed by atoms with Crippen molar-refractivity contribution in [3.63, 3.8) is 0 Å². The summed E-state index contributed by atoms with van der Waals surface area (Å²) in [6, 6.07) is 0. The molecule has 0 aromatic heterocycles. The molecular weight excluding hydrogens is 284 g/mol. The summed E-state index contributed by atoms with van der Waals surface area (Å²) in [4.78, 5) is 11.7. The Morgan fingerprint density at radius 3 is 2.04 bits per heavy atom. The van der Waals surface area contributed by atoms with Gasteiger partial charge >= 0.3 is 5.97 Å². The van der Waals surface area contributed by atoms with E-state index in [0.717, 1.165) is 12.8 Å². The van der Waals surface area contributed by atoms with Gasteiger partial charge in [-0.25, -0.2) is 0 Å². The quantitative estimate of drug-likeness (QED) is 0.216. The maximum absolute atomic E-state index is 11.7. The molecule has 0 aromatic carbocycles. The van der Waals surface area contributed by atoms with E-state index in [9.17, 15) is 4.79 Å². The summed E-state index contributed by atoms with van der Waals surface area (Å²) in [5, 5.41) is 0. The van der Waals surface area contributed by atoms with Crippen molar-refractivity contribution in [2.45, 2.75) is 110 Å². The fraction of sp³-hybridized carbons (Fsp3) is 0.905. The average molecular weight is 324 g/mol. The number of esters is 1. The van der Waals surface area contributed by atoms with Gasteiger partial charge in [-0.05, 0) is 25.2 Å². The van der Waals surface area contributed by atoms with Crippen molar-refractivity contribution in [1.82, 2.24) is 0 Å². The van der Waals surface area contributed by atoms with Gasteiger partial charge in [-0.1, -0.05) is 90.4 Å². The van der Waals surface area contributed by atoms with E-state index in [1.165, 1.54) is 89.9 Å². The minimum absolute atomic E-state index is 0.0891. The van der Waals surface area contributed by atoms with Crippen LogP contribution in [-0.2, 0) is 9.53 Å². The summed E-state index contributed by atoms with van der Waals surface area (Å²) in [6.45, 7) is 2.91. The number of rotatable bonds is 13. The van der Waals surface area contributed by atoms with Gasteiger partial charge < -0.3 is 4.74 Å². The molecule has 0 aromatic rings. The number of hydrogen-bond acceptors (Lipinski definition) is 2. The first-order valence-corrected chi connectivity index (χ1v) is 10.3. The first-order chi connectivity index (χ1) is 11.3. The number of carbonyl (C=O) groups is 1. The molecule has 2 nitrogen and oxygen atoms in total. The molecule has 0 atom stereocenters. The highest BCUT2D eigenvalue weighted by Gasteiger charge is 2.14. The third kappa shape index (κ3) is 12.5. The van der Waals surface area contributed by atoms with Gasteiger partial charge in [-0.15, -0.1) is 0 Å². The second kappa shape index (κ2) is 15.0. The van der Waals surface area contributed by atoms with Crippen molar-refractivity contribution in [1.29, 1.82) is 0 Å². The molecule has 0 spiro atoms. The van der Waals surface area contributed by atoms with Gasteiger partial charge in [0.15, 0.2) is 0 Å². The van der Waals surface area contributed by atoms with Crippen molar-refractivity contribution in [2.24, 2.45) is 5.92 Å². The zero-order valence-electron chi connectivity index (χ0n) is 15.5. The first-order valence-electron chi connectivity index (χ1n) is 10.3. The molecule has 1 rings (SSSR count). The summed E-state index contributed by atoms with van der Waals surface area (Å²) < 4.78 is 5.43. The lowest BCUT2D eigenvalue weighted by Gasteiger charge is -2.13. The van der Waals surface area contributed by atoms with Crippen LogP contribution in [0.1, 0.15) is 110 Å². The van der Waals surface area contributed by atoms with Crippen LogP contribution in [0.4, 0.5) is 0 Å². The molecule has 1 radical (unpaired) electrons. The number of carbonyl (C=O) groups excluding carboxylic acids is 1. The van der Waals surface area contributed by atoms with Crippen LogP contribution in [0.15, 0.2) is 0 Å². The fourth-order valence-electron chi connectivity index (χ4n) is 3.46. The number of unbranched alkanes of at least 4 members (excludes halogenated alkanes) is 9. The highest BCUT2D eigenvalue weighted by Crippen LogP contribution is 2.23. The van der Waals surface area contributed by atoms with Gasteiger partial charge in [0.25, 0.3) is 0 Å². The van der Waals surface area contributed by atoms with Crippen molar-refractivity contribution >= 4 is 5.97 Å². The monoisotopic (exact) mass is 323 g/mol. The van der Waals surface area contributed by atoms with E-state index < -0.39 is 0 Å². The Morgan fingerprint density at radius 2 is 1.43 bits per heavy atom. The Morgan fingerprint density at radius 1 is 0.870 bits per heavy atom. The lowest BCUT2D eigenvalue weighted by atomic mass is 10.0. The van der Waals surface area contributed by atoms with Crippen LogP contribution in [0.5, 0.6) is 0 Å². The van der Waals surface area contributed by atoms with E-state index in [-0.39, 0.29) is 5.97 Å². The van der Waals surface area contributed by atoms with Crippen molar-refractivity contribution in [3.05, 3.63) is 6.42 Å². The van der Waals surface area contributed by atoms with E-state index in [4.69, 9.17) is 4.74 Å². The van der Waals surface area contributed by atoms with Crippen molar-refractivity contribution in [2.75, 3.05) is 6.61 Å². The van der Waals surface area contributed by atoms with Gasteiger partial charge in [0.05, 0.1) is 13.0 Å². The third-order valence-corrected chi connectivity index (χ3v) is 5.05. The molecule has 2 heteroatoms. The van der Waals surface area contributed by atoms with Gasteiger partial charge in [-0.3, -0.25) is 4.79 Å². The van der Waals surface area contributed by atoms with Crippen LogP contribution in [0, 0.1) is 12.3 Å². The Kier molecular flexibility index (Phi) is 13.4. The van der Waals surface area contributed by atoms with Gasteiger partial charge in [-0.2, -0.15) is 0 Å². The maximum atomic E-state index is 11.7. The fourth-order valence-corrected chi connectivity index (χ4v) is 3.46. The van der Waals surface area contributed by atoms with Crippen LogP contribution in [0.2, 0.25) is 0 Å².